The fourth-order valence-corrected chi connectivity index (χ4v) is 2.98. The highest BCUT2D eigenvalue weighted by atomic mass is 16.3. The van der Waals surface area contributed by atoms with Crippen molar-refractivity contribution in [2.45, 2.75) is 25.3 Å². The van der Waals surface area contributed by atoms with Crippen LogP contribution in [0, 0.1) is 11.3 Å². The van der Waals surface area contributed by atoms with Gasteiger partial charge in [-0.15, -0.1) is 0 Å². The molecule has 1 aromatic carbocycles. The number of fused-ring (bicyclic) bond motifs is 3. The van der Waals surface area contributed by atoms with Crippen LogP contribution in [-0.4, -0.2) is 23.2 Å². The molecule has 3 N–H and O–H groups in total. The Hall–Kier alpha value is -1.83. The molecular weight excluding hydrogens is 238 g/mol. The Bertz CT molecular complexity index is 639. The number of aryl methyl sites for hydroxylation is 1. The van der Waals surface area contributed by atoms with Gasteiger partial charge in [-0.05, 0) is 43.0 Å². The van der Waals surface area contributed by atoms with Gasteiger partial charge in [-0.2, -0.15) is 5.26 Å². The first-order valence-corrected chi connectivity index (χ1v) is 6.72. The Labute approximate surface area is 112 Å². The first-order chi connectivity index (χ1) is 9.33. The van der Waals surface area contributed by atoms with E-state index >= 15 is 0 Å². The lowest BCUT2D eigenvalue weighted by Crippen LogP contribution is -2.27. The molecule has 4 nitrogen and oxygen atoms in total. The predicted octanol–water partition coefficient (Wildman–Crippen LogP) is 2.00. The molecule has 19 heavy (non-hydrogen) atoms. The van der Waals surface area contributed by atoms with Crippen molar-refractivity contribution in [2.75, 3.05) is 13.2 Å². The summed E-state index contributed by atoms with van der Waals surface area (Å²) in [5.41, 5.74) is 4.36. The Morgan fingerprint density at radius 2 is 2.37 bits per heavy atom. The molecule has 0 amide bonds. The van der Waals surface area contributed by atoms with E-state index in [-0.39, 0.29) is 12.6 Å². The van der Waals surface area contributed by atoms with Gasteiger partial charge in [0.25, 0.3) is 0 Å². The molecule has 1 aromatic heterocycles. The number of nitrogens with zero attached hydrogens (tertiary/aromatic N) is 1. The minimum atomic E-state index is 0.157. The SMILES string of the molecule is N#Cc1ccc2[nH]c3c(c2c1)CCCC3NCCO. The van der Waals surface area contributed by atoms with Crippen LogP contribution in [0.15, 0.2) is 18.2 Å². The number of aromatic nitrogens is 1. The lowest BCUT2D eigenvalue weighted by Gasteiger charge is -2.23. The molecule has 4 heteroatoms. The van der Waals surface area contributed by atoms with Crippen molar-refractivity contribution in [2.24, 2.45) is 0 Å². The maximum Gasteiger partial charge on any atom is 0.0991 e. The van der Waals surface area contributed by atoms with E-state index in [1.54, 1.807) is 0 Å². The fraction of sp³-hybridized carbons (Fsp3) is 0.400. The van der Waals surface area contributed by atoms with E-state index in [0.29, 0.717) is 12.1 Å². The van der Waals surface area contributed by atoms with Crippen molar-refractivity contribution in [3.63, 3.8) is 0 Å². The zero-order chi connectivity index (χ0) is 13.2. The molecule has 1 aliphatic carbocycles. The smallest absolute Gasteiger partial charge is 0.0991 e. The Balaban J connectivity index is 2.06. The number of aromatic amines is 1. The average Bonchev–Trinajstić information content (AvgIpc) is 2.83. The van der Waals surface area contributed by atoms with Gasteiger partial charge in [-0.1, -0.05) is 0 Å². The van der Waals surface area contributed by atoms with Gasteiger partial charge in [0.1, 0.15) is 0 Å². The van der Waals surface area contributed by atoms with Crippen molar-refractivity contribution in [1.82, 2.24) is 10.3 Å². The highest BCUT2D eigenvalue weighted by molar-refractivity contribution is 5.86. The van der Waals surface area contributed by atoms with Gasteiger partial charge in [-0.3, -0.25) is 0 Å². The van der Waals surface area contributed by atoms with Crippen LogP contribution in [0.1, 0.15) is 35.7 Å². The second-order valence-electron chi connectivity index (χ2n) is 5.01. The van der Waals surface area contributed by atoms with E-state index in [0.717, 1.165) is 24.8 Å². The summed E-state index contributed by atoms with van der Waals surface area (Å²) in [6, 6.07) is 8.29. The summed E-state index contributed by atoms with van der Waals surface area (Å²) in [6.45, 7) is 0.771. The highest BCUT2D eigenvalue weighted by Crippen LogP contribution is 2.34. The Kier molecular flexibility index (Phi) is 3.24. The number of hydrogen-bond acceptors (Lipinski definition) is 3. The molecule has 98 valence electrons. The summed E-state index contributed by atoms with van der Waals surface area (Å²) >= 11 is 0. The van der Waals surface area contributed by atoms with Crippen molar-refractivity contribution >= 4 is 10.9 Å². The number of benzene rings is 1. The number of rotatable bonds is 3. The molecule has 1 unspecified atom stereocenters. The zero-order valence-electron chi connectivity index (χ0n) is 10.7. The van der Waals surface area contributed by atoms with Gasteiger partial charge in [0.2, 0.25) is 0 Å². The van der Waals surface area contributed by atoms with Crippen LogP contribution in [0.3, 0.4) is 0 Å². The molecule has 0 fully saturated rings. The maximum absolute atomic E-state index is 9.01. The third-order valence-corrected chi connectivity index (χ3v) is 3.84. The van der Waals surface area contributed by atoms with Gasteiger partial charge in [0.05, 0.1) is 18.2 Å². The van der Waals surface area contributed by atoms with Crippen LogP contribution in [-0.2, 0) is 6.42 Å². The lowest BCUT2D eigenvalue weighted by atomic mass is 9.91. The average molecular weight is 255 g/mol. The molecule has 0 aliphatic heterocycles. The minimum Gasteiger partial charge on any atom is -0.395 e. The summed E-state index contributed by atoms with van der Waals surface area (Å²) in [6.07, 6.45) is 3.28. The zero-order valence-corrected chi connectivity index (χ0v) is 10.7. The summed E-state index contributed by atoms with van der Waals surface area (Å²) in [5.74, 6) is 0. The summed E-state index contributed by atoms with van der Waals surface area (Å²) in [7, 11) is 0. The van der Waals surface area contributed by atoms with Crippen LogP contribution in [0.5, 0.6) is 0 Å². The Morgan fingerprint density at radius 3 is 3.16 bits per heavy atom. The van der Waals surface area contributed by atoms with Crippen LogP contribution in [0.4, 0.5) is 0 Å². The minimum absolute atomic E-state index is 0.157. The van der Waals surface area contributed by atoms with Crippen LogP contribution in [0.25, 0.3) is 10.9 Å². The van der Waals surface area contributed by atoms with Crippen molar-refractivity contribution < 1.29 is 5.11 Å². The van der Waals surface area contributed by atoms with Gasteiger partial charge in [-0.25, -0.2) is 0 Å². The molecule has 0 spiro atoms. The molecule has 1 atom stereocenters. The molecule has 0 saturated carbocycles. The standard InChI is InChI=1S/C15H17N3O/c16-9-10-4-5-13-12(8-10)11-2-1-3-14(15(11)18-13)17-6-7-19/h4-5,8,14,17-19H,1-3,6-7H2. The third kappa shape index (κ3) is 2.12. The summed E-state index contributed by atoms with van der Waals surface area (Å²) < 4.78 is 0. The second-order valence-corrected chi connectivity index (χ2v) is 5.01. The molecular formula is C15H17N3O. The Morgan fingerprint density at radius 1 is 1.47 bits per heavy atom. The van der Waals surface area contributed by atoms with Crippen LogP contribution >= 0.6 is 0 Å². The molecule has 3 rings (SSSR count). The van der Waals surface area contributed by atoms with Gasteiger partial charge >= 0.3 is 0 Å². The molecule has 2 aromatic rings. The predicted molar refractivity (Wildman–Crippen MR) is 73.8 cm³/mol. The van der Waals surface area contributed by atoms with Gasteiger partial charge in [0, 0.05) is 29.2 Å². The lowest BCUT2D eigenvalue weighted by molar-refractivity contribution is 0.280. The first kappa shape index (κ1) is 12.2. The molecule has 1 heterocycles. The highest BCUT2D eigenvalue weighted by Gasteiger charge is 2.23. The first-order valence-electron chi connectivity index (χ1n) is 6.72. The monoisotopic (exact) mass is 255 g/mol. The van der Waals surface area contributed by atoms with Crippen molar-refractivity contribution in [1.29, 1.82) is 5.26 Å². The largest absolute Gasteiger partial charge is 0.395 e. The molecule has 1 aliphatic rings. The van der Waals surface area contributed by atoms with Gasteiger partial charge < -0.3 is 15.4 Å². The topological polar surface area (TPSA) is 71.8 Å². The van der Waals surface area contributed by atoms with E-state index in [9.17, 15) is 0 Å². The summed E-state index contributed by atoms with van der Waals surface area (Å²) in [4.78, 5) is 3.47. The van der Waals surface area contributed by atoms with Gasteiger partial charge in [0.15, 0.2) is 0 Å². The maximum atomic E-state index is 9.01. The van der Waals surface area contributed by atoms with Crippen LogP contribution in [0.2, 0.25) is 0 Å². The quantitative estimate of drug-likeness (QED) is 0.785. The molecule has 0 radical (unpaired) electrons. The fourth-order valence-electron chi connectivity index (χ4n) is 2.98. The molecule has 0 bridgehead atoms. The van der Waals surface area contributed by atoms with Crippen molar-refractivity contribution in [3.05, 3.63) is 35.0 Å². The normalized spacial score (nSPS) is 18.2. The number of nitriles is 1. The van der Waals surface area contributed by atoms with Crippen LogP contribution < -0.4 is 5.32 Å². The number of aliphatic hydroxyl groups excluding tert-OH is 1. The molecule has 0 saturated heterocycles. The number of nitrogens with one attached hydrogen (secondary N) is 2. The van der Waals surface area contributed by atoms with E-state index in [2.05, 4.69) is 16.4 Å². The second kappa shape index (κ2) is 5.04. The van der Waals surface area contributed by atoms with E-state index in [4.69, 9.17) is 10.4 Å². The summed E-state index contributed by atoms with van der Waals surface area (Å²) in [5, 5.41) is 22.5. The number of aliphatic hydroxyl groups is 1. The number of H-pyrrole nitrogens is 1. The van der Waals surface area contributed by atoms with E-state index in [1.165, 1.54) is 16.6 Å². The third-order valence-electron chi connectivity index (χ3n) is 3.84. The van der Waals surface area contributed by atoms with E-state index < -0.39 is 0 Å². The van der Waals surface area contributed by atoms with Crippen molar-refractivity contribution in [3.8, 4) is 6.07 Å². The number of hydrogen-bond donors (Lipinski definition) is 3. The van der Waals surface area contributed by atoms with E-state index in [1.807, 2.05) is 18.2 Å².